The zero-order valence-electron chi connectivity index (χ0n) is 10.9. The summed E-state index contributed by atoms with van der Waals surface area (Å²) in [5, 5.41) is 0.462. The highest BCUT2D eigenvalue weighted by molar-refractivity contribution is 7.84. The molecule has 0 amide bonds. The van der Waals surface area contributed by atoms with Crippen LogP contribution < -0.4 is 5.73 Å². The van der Waals surface area contributed by atoms with Gasteiger partial charge in [-0.3, -0.25) is 4.21 Å². The van der Waals surface area contributed by atoms with Crippen molar-refractivity contribution in [1.82, 2.24) is 0 Å². The zero-order chi connectivity index (χ0) is 14.0. The lowest BCUT2D eigenvalue weighted by atomic mass is 10.1. The Morgan fingerprint density at radius 3 is 2.58 bits per heavy atom. The largest absolute Gasteiger partial charge is 0.399 e. The van der Waals surface area contributed by atoms with E-state index in [2.05, 4.69) is 12.1 Å². The van der Waals surface area contributed by atoms with Crippen molar-refractivity contribution in [1.29, 1.82) is 0 Å². The van der Waals surface area contributed by atoms with Gasteiger partial charge in [-0.05, 0) is 43.2 Å². The molecule has 1 atom stereocenters. The van der Waals surface area contributed by atoms with Gasteiger partial charge in [0.15, 0.2) is 0 Å². The molecule has 0 radical (unpaired) electrons. The van der Waals surface area contributed by atoms with Crippen LogP contribution in [0.15, 0.2) is 41.3 Å². The fourth-order valence-corrected chi connectivity index (χ4v) is 3.57. The monoisotopic (exact) mass is 293 g/mol. The molecule has 1 unspecified atom stereocenters. The number of hydrogen-bond acceptors (Lipinski definition) is 2. The number of hydrogen-bond donors (Lipinski definition) is 1. The van der Waals surface area contributed by atoms with Gasteiger partial charge in [0.1, 0.15) is 0 Å². The molecular weight excluding hydrogens is 278 g/mol. The minimum absolute atomic E-state index is 0.462. The van der Waals surface area contributed by atoms with E-state index in [4.69, 9.17) is 17.3 Å². The molecular formula is C15H16ClNOS. The van der Waals surface area contributed by atoms with Gasteiger partial charge >= 0.3 is 0 Å². The number of anilines is 1. The maximum atomic E-state index is 12.4. The fourth-order valence-electron chi connectivity index (χ4n) is 1.88. The predicted octanol–water partition coefficient (Wildman–Crippen LogP) is 3.85. The topological polar surface area (TPSA) is 43.1 Å². The third kappa shape index (κ3) is 3.37. The summed E-state index contributed by atoms with van der Waals surface area (Å²) >= 11 is 6.09. The van der Waals surface area contributed by atoms with E-state index >= 15 is 0 Å². The average molecular weight is 294 g/mol. The lowest BCUT2D eigenvalue weighted by Crippen LogP contribution is -2.00. The summed E-state index contributed by atoms with van der Waals surface area (Å²) in [6.07, 6.45) is 0. The van der Waals surface area contributed by atoms with E-state index in [1.807, 2.05) is 19.9 Å². The molecule has 0 bridgehead atoms. The van der Waals surface area contributed by atoms with Crippen LogP contribution in [0.2, 0.25) is 5.02 Å². The first-order valence-corrected chi connectivity index (χ1v) is 7.66. The molecule has 19 heavy (non-hydrogen) atoms. The van der Waals surface area contributed by atoms with Crippen LogP contribution in [0.3, 0.4) is 0 Å². The number of nitrogen functional groups attached to an aromatic ring is 1. The van der Waals surface area contributed by atoms with Crippen molar-refractivity contribution in [3.05, 3.63) is 58.1 Å². The summed E-state index contributed by atoms with van der Waals surface area (Å²) in [4.78, 5) is 0.636. The van der Waals surface area contributed by atoms with Crippen molar-refractivity contribution in [2.75, 3.05) is 5.73 Å². The van der Waals surface area contributed by atoms with Gasteiger partial charge in [0, 0.05) is 5.69 Å². The second kappa shape index (κ2) is 5.76. The first kappa shape index (κ1) is 14.1. The molecule has 100 valence electrons. The lowest BCUT2D eigenvalue weighted by Gasteiger charge is -2.09. The van der Waals surface area contributed by atoms with Gasteiger partial charge in [0.2, 0.25) is 0 Å². The molecule has 2 N–H and O–H groups in total. The third-order valence-corrected chi connectivity index (χ3v) is 4.84. The van der Waals surface area contributed by atoms with Crippen LogP contribution in [0, 0.1) is 13.8 Å². The molecule has 0 heterocycles. The average Bonchev–Trinajstić information content (AvgIpc) is 2.33. The van der Waals surface area contributed by atoms with Crippen LogP contribution in [-0.2, 0) is 16.6 Å². The summed E-state index contributed by atoms with van der Waals surface area (Å²) < 4.78 is 12.4. The number of aryl methyl sites for hydroxylation is 2. The molecule has 0 aliphatic heterocycles. The van der Waals surface area contributed by atoms with E-state index in [1.54, 1.807) is 18.2 Å². The van der Waals surface area contributed by atoms with Crippen molar-refractivity contribution < 1.29 is 4.21 Å². The van der Waals surface area contributed by atoms with Gasteiger partial charge in [-0.2, -0.15) is 0 Å². The van der Waals surface area contributed by atoms with Gasteiger partial charge in [-0.25, -0.2) is 0 Å². The van der Waals surface area contributed by atoms with Crippen molar-refractivity contribution in [2.24, 2.45) is 0 Å². The Bertz CT molecular complexity index is 640. The molecule has 0 aromatic heterocycles. The van der Waals surface area contributed by atoms with E-state index in [0.717, 1.165) is 11.1 Å². The summed E-state index contributed by atoms with van der Waals surface area (Å²) in [6, 6.07) is 11.3. The zero-order valence-corrected chi connectivity index (χ0v) is 12.5. The third-order valence-electron chi connectivity index (χ3n) is 2.99. The lowest BCUT2D eigenvalue weighted by molar-refractivity contribution is 0.682. The molecule has 0 saturated heterocycles. The Balaban J connectivity index is 2.28. The number of halogens is 1. The molecule has 0 aliphatic carbocycles. The van der Waals surface area contributed by atoms with Crippen LogP contribution in [0.1, 0.15) is 16.7 Å². The quantitative estimate of drug-likeness (QED) is 0.874. The highest BCUT2D eigenvalue weighted by Gasteiger charge is 2.11. The second-order valence-corrected chi connectivity index (χ2v) is 6.44. The summed E-state index contributed by atoms with van der Waals surface area (Å²) in [6.45, 7) is 4.05. The Morgan fingerprint density at radius 2 is 1.89 bits per heavy atom. The summed E-state index contributed by atoms with van der Waals surface area (Å²) in [5.74, 6) is 0.469. The molecule has 2 nitrogen and oxygen atoms in total. The minimum Gasteiger partial charge on any atom is -0.399 e. The first-order chi connectivity index (χ1) is 8.97. The minimum atomic E-state index is -1.16. The van der Waals surface area contributed by atoms with E-state index in [0.29, 0.717) is 21.4 Å². The molecule has 0 saturated carbocycles. The van der Waals surface area contributed by atoms with Crippen molar-refractivity contribution in [2.45, 2.75) is 24.5 Å². The maximum Gasteiger partial charge on any atom is 0.0589 e. The molecule has 0 aliphatic rings. The number of benzene rings is 2. The second-order valence-electron chi connectivity index (χ2n) is 4.61. The normalized spacial score (nSPS) is 12.4. The standard InChI is InChI=1S/C15H16ClNOS/c1-10-3-4-11(2)12(7-10)9-19(18)15-6-5-13(17)8-14(15)16/h3-8H,9,17H2,1-2H3. The predicted molar refractivity (Wildman–Crippen MR) is 81.9 cm³/mol. The van der Waals surface area contributed by atoms with E-state index < -0.39 is 10.8 Å². The molecule has 2 aromatic carbocycles. The maximum absolute atomic E-state index is 12.4. The van der Waals surface area contributed by atoms with Crippen molar-refractivity contribution in [3.8, 4) is 0 Å². The van der Waals surface area contributed by atoms with E-state index in [9.17, 15) is 4.21 Å². The Morgan fingerprint density at radius 1 is 1.16 bits per heavy atom. The van der Waals surface area contributed by atoms with Gasteiger partial charge in [-0.15, -0.1) is 0 Å². The summed E-state index contributed by atoms with van der Waals surface area (Å²) in [5.41, 5.74) is 9.62. The van der Waals surface area contributed by atoms with Crippen molar-refractivity contribution in [3.63, 3.8) is 0 Å². The molecule has 2 rings (SSSR count). The van der Waals surface area contributed by atoms with Crippen LogP contribution >= 0.6 is 11.6 Å². The van der Waals surface area contributed by atoms with Crippen LogP contribution in [-0.4, -0.2) is 4.21 Å². The van der Waals surface area contributed by atoms with Gasteiger partial charge in [0.25, 0.3) is 0 Å². The van der Waals surface area contributed by atoms with Crippen LogP contribution in [0.4, 0.5) is 5.69 Å². The van der Waals surface area contributed by atoms with Crippen LogP contribution in [0.25, 0.3) is 0 Å². The Hall–Kier alpha value is -1.32. The molecule has 0 fully saturated rings. The van der Waals surface area contributed by atoms with Crippen LogP contribution in [0.5, 0.6) is 0 Å². The number of rotatable bonds is 3. The first-order valence-electron chi connectivity index (χ1n) is 5.97. The van der Waals surface area contributed by atoms with E-state index in [-0.39, 0.29) is 0 Å². The summed E-state index contributed by atoms with van der Waals surface area (Å²) in [7, 11) is -1.16. The Labute approximate surface area is 121 Å². The van der Waals surface area contributed by atoms with Crippen molar-refractivity contribution >= 4 is 28.1 Å². The molecule has 2 aromatic rings. The van der Waals surface area contributed by atoms with Gasteiger partial charge < -0.3 is 5.73 Å². The SMILES string of the molecule is Cc1ccc(C)c(CS(=O)c2ccc(N)cc2Cl)c1. The number of nitrogens with two attached hydrogens (primary N) is 1. The molecule has 0 spiro atoms. The fraction of sp³-hybridized carbons (Fsp3) is 0.200. The van der Waals surface area contributed by atoms with Gasteiger partial charge in [0.05, 0.1) is 26.5 Å². The molecule has 4 heteroatoms. The highest BCUT2D eigenvalue weighted by Crippen LogP contribution is 2.25. The highest BCUT2D eigenvalue weighted by atomic mass is 35.5. The van der Waals surface area contributed by atoms with E-state index in [1.165, 1.54) is 5.56 Å². The Kier molecular flexibility index (Phi) is 4.27. The van der Waals surface area contributed by atoms with Gasteiger partial charge in [-0.1, -0.05) is 35.4 Å². The smallest absolute Gasteiger partial charge is 0.0589 e.